The van der Waals surface area contributed by atoms with E-state index in [0.29, 0.717) is 12.1 Å². The molecule has 0 saturated carbocycles. The zero-order valence-corrected chi connectivity index (χ0v) is 10.6. The van der Waals surface area contributed by atoms with Crippen LogP contribution in [0.25, 0.3) is 0 Å². The average Bonchev–Trinajstić information content (AvgIpc) is 2.04. The first-order valence-corrected chi connectivity index (χ1v) is 6.14. The first kappa shape index (κ1) is 14.0. The van der Waals surface area contributed by atoms with Gasteiger partial charge in [-0.1, -0.05) is 0 Å². The molecule has 0 bridgehead atoms. The van der Waals surface area contributed by atoms with E-state index in [1.807, 2.05) is 6.92 Å². The van der Waals surface area contributed by atoms with E-state index in [0.717, 1.165) is 6.54 Å². The fourth-order valence-electron chi connectivity index (χ4n) is 1.05. The Morgan fingerprint density at radius 1 is 1.29 bits per heavy atom. The summed E-state index contributed by atoms with van der Waals surface area (Å²) >= 11 is 0. The van der Waals surface area contributed by atoms with Gasteiger partial charge in [0.2, 0.25) is 0 Å². The van der Waals surface area contributed by atoms with Gasteiger partial charge in [-0.15, -0.1) is 0 Å². The lowest BCUT2D eigenvalue weighted by molar-refractivity contribution is 0.163. The van der Waals surface area contributed by atoms with Crippen molar-refractivity contribution in [3.05, 3.63) is 0 Å². The van der Waals surface area contributed by atoms with E-state index >= 15 is 0 Å². The Morgan fingerprint density at radius 2 is 1.71 bits per heavy atom. The highest BCUT2D eigenvalue weighted by molar-refractivity contribution is 6.36. The first-order valence-electron chi connectivity index (χ1n) is 4.73. The Balaban J connectivity index is 0.000000241. The van der Waals surface area contributed by atoms with Crippen molar-refractivity contribution in [3.8, 4) is 0 Å². The van der Waals surface area contributed by atoms with Gasteiger partial charge >= 0.3 is 9.53 Å². The highest BCUT2D eigenvalue weighted by Crippen LogP contribution is 2.03. The maximum absolute atomic E-state index is 5.54. The van der Waals surface area contributed by atoms with Crippen LogP contribution in [-0.2, 0) is 13.3 Å². The molecule has 1 saturated heterocycles. The Labute approximate surface area is 87.9 Å². The van der Waals surface area contributed by atoms with Gasteiger partial charge in [-0.05, 0) is 19.9 Å². The highest BCUT2D eigenvalue weighted by atomic mass is 28.3. The molecule has 3 N–H and O–H groups in total. The van der Waals surface area contributed by atoms with Gasteiger partial charge in [0.1, 0.15) is 0 Å². The summed E-state index contributed by atoms with van der Waals surface area (Å²) in [6.07, 6.45) is 1.26. The van der Waals surface area contributed by atoms with Crippen LogP contribution in [0.4, 0.5) is 0 Å². The topological polar surface area (TPSA) is 65.7 Å². The normalized spacial score (nSPS) is 22.3. The molecule has 0 spiro atoms. The second-order valence-electron chi connectivity index (χ2n) is 3.20. The number of hydrogen-bond acceptors (Lipinski definition) is 5. The molecule has 1 aliphatic rings. The average molecular weight is 222 g/mol. The molecule has 1 fully saturated rings. The lowest BCUT2D eigenvalue weighted by Crippen LogP contribution is -2.52. The van der Waals surface area contributed by atoms with Crippen LogP contribution in [0, 0.1) is 0 Å². The molecule has 0 radical (unpaired) electrons. The molecular formula is C8H22N2O3Si. The number of nitrogens with two attached hydrogens (primary N) is 1. The summed E-state index contributed by atoms with van der Waals surface area (Å²) < 4.78 is 14.2. The Bertz CT molecular complexity index is 121. The highest BCUT2D eigenvalue weighted by Gasteiger charge is 2.19. The molecule has 0 aromatic carbocycles. The summed E-state index contributed by atoms with van der Waals surface area (Å²) in [5, 5.41) is 3.22. The third-order valence-corrected chi connectivity index (χ3v) is 3.23. The minimum atomic E-state index is -1.67. The van der Waals surface area contributed by atoms with E-state index < -0.39 is 9.53 Å². The van der Waals surface area contributed by atoms with Crippen molar-refractivity contribution < 1.29 is 13.3 Å². The van der Waals surface area contributed by atoms with Crippen LogP contribution in [0.1, 0.15) is 13.3 Å². The Morgan fingerprint density at radius 3 is 1.71 bits per heavy atom. The van der Waals surface area contributed by atoms with Crippen LogP contribution in [0.3, 0.4) is 0 Å². The van der Waals surface area contributed by atoms with Crippen molar-refractivity contribution in [2.75, 3.05) is 27.9 Å². The molecule has 2 atom stereocenters. The van der Waals surface area contributed by atoms with Crippen molar-refractivity contribution in [1.29, 1.82) is 0 Å². The molecule has 14 heavy (non-hydrogen) atoms. The second kappa shape index (κ2) is 8.34. The summed E-state index contributed by atoms with van der Waals surface area (Å²) in [5.41, 5.74) is 5.54. The van der Waals surface area contributed by atoms with Crippen LogP contribution in [0.2, 0.25) is 0 Å². The van der Waals surface area contributed by atoms with E-state index in [1.54, 1.807) is 21.3 Å². The fourth-order valence-corrected chi connectivity index (χ4v) is 1.63. The van der Waals surface area contributed by atoms with E-state index in [-0.39, 0.29) is 0 Å². The van der Waals surface area contributed by atoms with Gasteiger partial charge in [-0.2, -0.15) is 0 Å². The molecule has 5 nitrogen and oxygen atoms in total. The summed E-state index contributed by atoms with van der Waals surface area (Å²) in [5.74, 6) is 0. The van der Waals surface area contributed by atoms with Crippen molar-refractivity contribution in [2.45, 2.75) is 25.4 Å². The van der Waals surface area contributed by atoms with Crippen LogP contribution in [0.15, 0.2) is 0 Å². The summed E-state index contributed by atoms with van der Waals surface area (Å²) in [6.45, 7) is 3.20. The van der Waals surface area contributed by atoms with E-state index in [2.05, 4.69) is 5.32 Å². The van der Waals surface area contributed by atoms with Crippen LogP contribution in [0.5, 0.6) is 0 Å². The molecular weight excluding hydrogens is 200 g/mol. The monoisotopic (exact) mass is 222 g/mol. The largest absolute Gasteiger partial charge is 0.483 e. The summed E-state index contributed by atoms with van der Waals surface area (Å²) in [7, 11) is 3.05. The molecule has 6 heteroatoms. The quantitative estimate of drug-likeness (QED) is 0.618. The lowest BCUT2D eigenvalue weighted by Gasteiger charge is -2.30. The SMILES string of the molecule is CC(N)C1CCN1.CO[SiH](OC)OC. The zero-order chi connectivity index (χ0) is 11.0. The van der Waals surface area contributed by atoms with Gasteiger partial charge in [0.25, 0.3) is 0 Å². The predicted molar refractivity (Wildman–Crippen MR) is 58.2 cm³/mol. The van der Waals surface area contributed by atoms with Crippen LogP contribution >= 0.6 is 0 Å². The van der Waals surface area contributed by atoms with Gasteiger partial charge in [0.05, 0.1) is 0 Å². The maximum atomic E-state index is 5.54. The van der Waals surface area contributed by atoms with E-state index in [4.69, 9.17) is 19.0 Å². The van der Waals surface area contributed by atoms with E-state index in [9.17, 15) is 0 Å². The lowest BCUT2D eigenvalue weighted by atomic mass is 10.0. The number of hydrogen-bond donors (Lipinski definition) is 2. The van der Waals surface area contributed by atoms with Gasteiger partial charge in [-0.3, -0.25) is 0 Å². The molecule has 1 rings (SSSR count). The molecule has 0 aromatic rings. The van der Waals surface area contributed by atoms with E-state index in [1.165, 1.54) is 6.42 Å². The number of nitrogens with one attached hydrogen (secondary N) is 1. The molecule has 0 aliphatic carbocycles. The minimum absolute atomic E-state index is 0.341. The van der Waals surface area contributed by atoms with Crippen molar-refractivity contribution >= 4 is 9.53 Å². The molecule has 1 aliphatic heterocycles. The molecule has 0 aromatic heterocycles. The Hall–Kier alpha value is 0.0169. The third kappa shape index (κ3) is 5.69. The minimum Gasteiger partial charge on any atom is -0.379 e. The van der Waals surface area contributed by atoms with Gasteiger partial charge < -0.3 is 24.3 Å². The second-order valence-corrected chi connectivity index (χ2v) is 5.20. The van der Waals surface area contributed by atoms with Gasteiger partial charge in [0, 0.05) is 33.4 Å². The fraction of sp³-hybridized carbons (Fsp3) is 1.00. The maximum Gasteiger partial charge on any atom is 0.483 e. The number of rotatable bonds is 4. The predicted octanol–water partition coefficient (Wildman–Crippen LogP) is -0.662. The summed E-state index contributed by atoms with van der Waals surface area (Å²) in [4.78, 5) is 0. The summed E-state index contributed by atoms with van der Waals surface area (Å²) in [6, 6.07) is 0.953. The first-order chi connectivity index (χ1) is 6.65. The molecule has 1 heterocycles. The molecule has 0 amide bonds. The van der Waals surface area contributed by atoms with Gasteiger partial charge in [-0.25, -0.2) is 0 Å². The Kier molecular flexibility index (Phi) is 8.35. The molecule has 86 valence electrons. The van der Waals surface area contributed by atoms with Crippen molar-refractivity contribution in [1.82, 2.24) is 5.32 Å². The van der Waals surface area contributed by atoms with Crippen LogP contribution < -0.4 is 11.1 Å². The van der Waals surface area contributed by atoms with Crippen LogP contribution in [-0.4, -0.2) is 49.5 Å². The standard InChI is InChI=1S/C5H12N2.C3H10O3Si/c1-4(6)5-2-3-7-5;1-4-7(5-2)6-3/h4-5,7H,2-3,6H2,1H3;7H,1-3H3. The smallest absolute Gasteiger partial charge is 0.379 e. The van der Waals surface area contributed by atoms with Crippen molar-refractivity contribution in [2.24, 2.45) is 5.73 Å². The zero-order valence-electron chi connectivity index (χ0n) is 9.45. The van der Waals surface area contributed by atoms with Gasteiger partial charge in [0.15, 0.2) is 0 Å². The molecule has 2 unspecified atom stereocenters. The van der Waals surface area contributed by atoms with Crippen molar-refractivity contribution in [3.63, 3.8) is 0 Å². The third-order valence-electron chi connectivity index (χ3n) is 2.07.